The maximum atomic E-state index is 15.1. The molecule has 3 heterocycles. The van der Waals surface area contributed by atoms with Gasteiger partial charge in [-0.25, -0.2) is 9.07 Å². The normalized spacial score (nSPS) is 18.5. The lowest BCUT2D eigenvalue weighted by atomic mass is 9.84. The van der Waals surface area contributed by atoms with Crippen molar-refractivity contribution in [3.63, 3.8) is 0 Å². The summed E-state index contributed by atoms with van der Waals surface area (Å²) in [5, 5.41) is 9.46. The van der Waals surface area contributed by atoms with E-state index >= 15 is 4.39 Å². The summed E-state index contributed by atoms with van der Waals surface area (Å²) in [6, 6.07) is 20.1. The topological polar surface area (TPSA) is 52.0 Å². The van der Waals surface area contributed by atoms with E-state index in [4.69, 9.17) is 21.4 Å². The van der Waals surface area contributed by atoms with Crippen LogP contribution < -0.4 is 10.1 Å². The Labute approximate surface area is 205 Å². The molecule has 0 aliphatic carbocycles. The number of thioether (sulfide) groups is 1. The molecule has 2 unspecified atom stereocenters. The van der Waals surface area contributed by atoms with E-state index in [9.17, 15) is 0 Å². The van der Waals surface area contributed by atoms with Crippen LogP contribution in [0, 0.1) is 12.7 Å². The van der Waals surface area contributed by atoms with Crippen LogP contribution in [-0.2, 0) is 0 Å². The lowest BCUT2D eigenvalue weighted by Gasteiger charge is -2.39. The van der Waals surface area contributed by atoms with Gasteiger partial charge in [-0.15, -0.1) is 5.10 Å². The van der Waals surface area contributed by atoms with Crippen molar-refractivity contribution in [2.75, 3.05) is 11.6 Å². The Kier molecular flexibility index (Phi) is 5.12. The zero-order valence-corrected chi connectivity index (χ0v) is 20.0. The molecule has 2 aliphatic rings. The molecule has 2 aliphatic heterocycles. The highest BCUT2D eigenvalue weighted by atomic mass is 35.5. The number of ether oxygens (including phenoxy) is 1. The second-order valence-electron chi connectivity index (χ2n) is 8.30. The average molecular weight is 491 g/mol. The molecule has 5 nitrogen and oxygen atoms in total. The molecular weight excluding hydrogens is 471 g/mol. The zero-order valence-electron chi connectivity index (χ0n) is 18.4. The number of aryl methyl sites for hydroxylation is 1. The molecule has 8 heteroatoms. The molecule has 6 rings (SSSR count). The third-order valence-corrected chi connectivity index (χ3v) is 6.95. The molecule has 1 aromatic heterocycles. The Hall–Kier alpha value is -3.29. The first-order valence-electron chi connectivity index (χ1n) is 10.8. The number of nitrogens with one attached hydrogen (secondary N) is 1. The van der Waals surface area contributed by atoms with Gasteiger partial charge < -0.3 is 10.1 Å². The fourth-order valence-electron chi connectivity index (χ4n) is 4.58. The summed E-state index contributed by atoms with van der Waals surface area (Å²) in [7, 11) is 0. The molecule has 34 heavy (non-hydrogen) atoms. The van der Waals surface area contributed by atoms with Gasteiger partial charge in [-0.2, -0.15) is 4.98 Å². The van der Waals surface area contributed by atoms with Crippen LogP contribution >= 0.6 is 23.4 Å². The minimum atomic E-state index is -0.668. The second-order valence-corrected chi connectivity index (χ2v) is 9.50. The molecule has 0 amide bonds. The van der Waals surface area contributed by atoms with Crippen molar-refractivity contribution in [2.45, 2.75) is 24.2 Å². The minimum Gasteiger partial charge on any atom is -0.480 e. The van der Waals surface area contributed by atoms with Crippen LogP contribution in [0.1, 0.15) is 34.4 Å². The number of hydrogen-bond donors (Lipinski definition) is 1. The van der Waals surface area contributed by atoms with E-state index in [1.165, 1.54) is 17.8 Å². The molecule has 170 valence electrons. The second kappa shape index (κ2) is 8.18. The number of nitrogens with zero attached hydrogens (tertiary/aromatic N) is 3. The van der Waals surface area contributed by atoms with Gasteiger partial charge in [-0.1, -0.05) is 71.4 Å². The highest BCUT2D eigenvalue weighted by Gasteiger charge is 2.42. The Balaban J connectivity index is 1.66. The Bertz CT molecular complexity index is 1450. The predicted molar refractivity (Wildman–Crippen MR) is 133 cm³/mol. The highest BCUT2D eigenvalue weighted by Crippen LogP contribution is 2.51. The van der Waals surface area contributed by atoms with Crippen LogP contribution in [0.5, 0.6) is 5.75 Å². The van der Waals surface area contributed by atoms with Crippen molar-refractivity contribution < 1.29 is 9.13 Å². The first kappa shape index (κ1) is 21.3. The van der Waals surface area contributed by atoms with E-state index in [1.54, 1.807) is 18.2 Å². The summed E-state index contributed by atoms with van der Waals surface area (Å²) in [6.07, 6.45) is 1.27. The van der Waals surface area contributed by atoms with Crippen LogP contribution in [0.3, 0.4) is 0 Å². The fraction of sp³-hybridized carbons (Fsp3) is 0.154. The smallest absolute Gasteiger partial charge is 0.227 e. The van der Waals surface area contributed by atoms with E-state index in [2.05, 4.69) is 34.6 Å². The van der Waals surface area contributed by atoms with Crippen LogP contribution in [0.4, 0.5) is 10.3 Å². The van der Waals surface area contributed by atoms with Gasteiger partial charge in [0.2, 0.25) is 11.1 Å². The van der Waals surface area contributed by atoms with Gasteiger partial charge in [-0.05, 0) is 43.0 Å². The number of benzene rings is 3. The first-order chi connectivity index (χ1) is 16.5. The molecule has 0 radical (unpaired) electrons. The quantitative estimate of drug-likeness (QED) is 0.325. The molecule has 3 aromatic carbocycles. The summed E-state index contributed by atoms with van der Waals surface area (Å²) in [4.78, 5) is 4.69. The van der Waals surface area contributed by atoms with Crippen molar-refractivity contribution >= 4 is 35.0 Å². The van der Waals surface area contributed by atoms with Crippen LogP contribution in [-0.4, -0.2) is 21.0 Å². The van der Waals surface area contributed by atoms with Crippen molar-refractivity contribution in [3.8, 4) is 5.75 Å². The Morgan fingerprint density at radius 1 is 1.09 bits per heavy atom. The molecule has 0 fully saturated rings. The standard InChI is InChI=1S/C26H20ClFN4OS/c1-14-7-9-15(10-8-14)23-21-22(29-25-30-26(34-2)31-32(23)25)18-13-16(27)11-12-20(18)33-24(21)17-5-3-4-6-19(17)28/h3-13,23-24H,1-2H3,(H,29,30,31). The van der Waals surface area contributed by atoms with Crippen molar-refractivity contribution in [3.05, 3.63) is 105 Å². The van der Waals surface area contributed by atoms with Crippen LogP contribution in [0.25, 0.3) is 5.70 Å². The van der Waals surface area contributed by atoms with Gasteiger partial charge in [-0.3, -0.25) is 0 Å². The van der Waals surface area contributed by atoms with E-state index in [1.807, 2.05) is 36.1 Å². The fourth-order valence-corrected chi connectivity index (χ4v) is 5.10. The van der Waals surface area contributed by atoms with Gasteiger partial charge in [0.1, 0.15) is 17.6 Å². The SMILES string of the molecule is CSc1nc2n(n1)C(c1ccc(C)cc1)C1=C(N2)c2cc(Cl)ccc2OC1c1ccccc1F. The van der Waals surface area contributed by atoms with Crippen LogP contribution in [0.2, 0.25) is 5.02 Å². The Morgan fingerprint density at radius 2 is 1.88 bits per heavy atom. The van der Waals surface area contributed by atoms with Gasteiger partial charge in [0, 0.05) is 21.7 Å². The Morgan fingerprint density at radius 3 is 2.65 bits per heavy atom. The summed E-state index contributed by atoms with van der Waals surface area (Å²) in [5.41, 5.74) is 5.10. The molecule has 0 saturated carbocycles. The number of fused-ring (bicyclic) bond motifs is 3. The molecule has 0 bridgehead atoms. The number of rotatable bonds is 3. The number of halogens is 2. The van der Waals surface area contributed by atoms with E-state index in [0.717, 1.165) is 28.0 Å². The zero-order chi connectivity index (χ0) is 23.4. The highest BCUT2D eigenvalue weighted by molar-refractivity contribution is 7.98. The number of aromatic nitrogens is 3. The van der Waals surface area contributed by atoms with Crippen molar-refractivity contribution in [1.82, 2.24) is 14.8 Å². The van der Waals surface area contributed by atoms with Crippen LogP contribution in [0.15, 0.2) is 77.5 Å². The molecule has 2 atom stereocenters. The maximum Gasteiger partial charge on any atom is 0.227 e. The third-order valence-electron chi connectivity index (χ3n) is 6.18. The van der Waals surface area contributed by atoms with Gasteiger partial charge in [0.25, 0.3) is 0 Å². The van der Waals surface area contributed by atoms with E-state index < -0.39 is 6.10 Å². The minimum absolute atomic E-state index is 0.325. The van der Waals surface area contributed by atoms with Crippen molar-refractivity contribution in [1.29, 1.82) is 0 Å². The lowest BCUT2D eigenvalue weighted by molar-refractivity contribution is 0.218. The average Bonchev–Trinajstić information content (AvgIpc) is 3.26. The summed E-state index contributed by atoms with van der Waals surface area (Å²) >= 11 is 7.85. The molecule has 0 saturated heterocycles. The number of hydrogen-bond acceptors (Lipinski definition) is 5. The maximum absolute atomic E-state index is 15.1. The molecular formula is C26H20ClFN4OS. The molecule has 1 N–H and O–H groups in total. The third kappa shape index (κ3) is 3.38. The first-order valence-corrected chi connectivity index (χ1v) is 12.4. The summed E-state index contributed by atoms with van der Waals surface area (Å²) in [5.74, 6) is 0.923. The van der Waals surface area contributed by atoms with Crippen molar-refractivity contribution in [2.24, 2.45) is 0 Å². The van der Waals surface area contributed by atoms with Gasteiger partial charge in [0.05, 0.1) is 5.70 Å². The summed E-state index contributed by atoms with van der Waals surface area (Å²) in [6.45, 7) is 2.05. The number of anilines is 1. The van der Waals surface area contributed by atoms with Gasteiger partial charge >= 0.3 is 0 Å². The van der Waals surface area contributed by atoms with E-state index in [-0.39, 0.29) is 11.9 Å². The van der Waals surface area contributed by atoms with E-state index in [0.29, 0.717) is 27.4 Å². The molecule has 4 aromatic rings. The predicted octanol–water partition coefficient (Wildman–Crippen LogP) is 6.66. The molecule has 0 spiro atoms. The summed E-state index contributed by atoms with van der Waals surface area (Å²) < 4.78 is 23.5. The van der Waals surface area contributed by atoms with Gasteiger partial charge in [0.15, 0.2) is 6.10 Å². The monoisotopic (exact) mass is 490 g/mol. The largest absolute Gasteiger partial charge is 0.480 e. The lowest BCUT2D eigenvalue weighted by Crippen LogP contribution is -2.32.